The van der Waals surface area contributed by atoms with Gasteiger partial charge >= 0.3 is 0 Å². The highest BCUT2D eigenvalue weighted by Gasteiger charge is 2.16. The number of hydrogen-bond donors (Lipinski definition) is 2. The van der Waals surface area contributed by atoms with Gasteiger partial charge in [-0.2, -0.15) is 0 Å². The van der Waals surface area contributed by atoms with E-state index in [1.54, 1.807) is 12.1 Å². The number of amides is 1. The number of nitrogens with two attached hydrogens (primary N) is 1. The summed E-state index contributed by atoms with van der Waals surface area (Å²) < 4.78 is 0. The largest absolute Gasteiger partial charge is 0.370 e. The summed E-state index contributed by atoms with van der Waals surface area (Å²) >= 11 is 0. The summed E-state index contributed by atoms with van der Waals surface area (Å²) in [6.45, 7) is 5.23. The van der Waals surface area contributed by atoms with Crippen LogP contribution in [0.2, 0.25) is 0 Å². The summed E-state index contributed by atoms with van der Waals surface area (Å²) in [4.78, 5) is 18.3. The van der Waals surface area contributed by atoms with E-state index in [0.717, 1.165) is 19.0 Å². The molecule has 0 aliphatic carbocycles. The lowest BCUT2D eigenvalue weighted by Gasteiger charge is -2.31. The Bertz CT molecular complexity index is 484. The summed E-state index contributed by atoms with van der Waals surface area (Å²) in [5, 5.41) is 2.84. The fraction of sp³-hybridized carbons (Fsp3) is 0.500. The minimum Gasteiger partial charge on any atom is -0.370 e. The smallest absolute Gasteiger partial charge is 0.251 e. The Balaban J connectivity index is 0.00000242. The van der Waals surface area contributed by atoms with Crippen molar-refractivity contribution in [1.82, 2.24) is 10.2 Å². The van der Waals surface area contributed by atoms with Crippen LogP contribution in [0, 0.1) is 5.92 Å². The highest BCUT2D eigenvalue weighted by Crippen LogP contribution is 2.15. The number of hydrogen-bond acceptors (Lipinski definition) is 2. The minimum atomic E-state index is -0.0730. The first-order valence-electron chi connectivity index (χ1n) is 7.55. The highest BCUT2D eigenvalue weighted by atomic mass is 127. The van der Waals surface area contributed by atoms with Gasteiger partial charge in [0.15, 0.2) is 5.96 Å². The molecule has 0 saturated carbocycles. The van der Waals surface area contributed by atoms with Gasteiger partial charge in [0.2, 0.25) is 0 Å². The van der Waals surface area contributed by atoms with Crippen molar-refractivity contribution in [3.05, 3.63) is 35.9 Å². The average molecular weight is 416 g/mol. The summed E-state index contributed by atoms with van der Waals surface area (Å²) in [6, 6.07) is 9.18. The number of benzene rings is 1. The summed E-state index contributed by atoms with van der Waals surface area (Å²) in [7, 11) is 0. The Morgan fingerprint density at radius 2 is 1.95 bits per heavy atom. The maximum Gasteiger partial charge on any atom is 0.251 e. The second-order valence-corrected chi connectivity index (χ2v) is 5.53. The van der Waals surface area contributed by atoms with Gasteiger partial charge in [0.1, 0.15) is 0 Å². The quantitative estimate of drug-likeness (QED) is 0.342. The van der Waals surface area contributed by atoms with Crippen LogP contribution in [-0.2, 0) is 0 Å². The molecule has 2 rings (SSSR count). The zero-order valence-corrected chi connectivity index (χ0v) is 15.3. The third kappa shape index (κ3) is 5.82. The van der Waals surface area contributed by atoms with Crippen LogP contribution in [0.25, 0.3) is 0 Å². The molecule has 1 aromatic rings. The molecule has 0 spiro atoms. The summed E-state index contributed by atoms with van der Waals surface area (Å²) in [6.07, 6.45) is 2.34. The van der Waals surface area contributed by atoms with Crippen molar-refractivity contribution < 1.29 is 4.79 Å². The molecule has 1 aliphatic heterocycles. The van der Waals surface area contributed by atoms with Crippen LogP contribution < -0.4 is 11.1 Å². The number of carbonyl (C=O) groups is 1. The van der Waals surface area contributed by atoms with E-state index in [1.165, 1.54) is 12.8 Å². The van der Waals surface area contributed by atoms with Crippen LogP contribution in [-0.4, -0.2) is 42.9 Å². The van der Waals surface area contributed by atoms with E-state index in [2.05, 4.69) is 22.1 Å². The topological polar surface area (TPSA) is 70.7 Å². The lowest BCUT2D eigenvalue weighted by Crippen LogP contribution is -2.42. The van der Waals surface area contributed by atoms with Crippen molar-refractivity contribution in [2.75, 3.05) is 26.2 Å². The number of aliphatic imine (C=N–C) groups is 1. The molecule has 0 aromatic heterocycles. The van der Waals surface area contributed by atoms with Gasteiger partial charge in [0.05, 0.1) is 6.54 Å². The van der Waals surface area contributed by atoms with E-state index in [9.17, 15) is 4.79 Å². The molecule has 0 unspecified atom stereocenters. The Kier molecular flexibility index (Phi) is 8.22. The molecular formula is C16H25IN4O. The number of piperidine rings is 1. The molecule has 3 N–H and O–H groups in total. The van der Waals surface area contributed by atoms with Crippen LogP contribution in [0.4, 0.5) is 0 Å². The maximum absolute atomic E-state index is 11.8. The zero-order valence-electron chi connectivity index (χ0n) is 13.0. The first kappa shape index (κ1) is 18.7. The standard InChI is InChI=1S/C16H24N4O.HI/c1-13-7-11-20(12-8-13)16(17)19-10-9-18-15(21)14-5-3-2-4-6-14;/h2-6,13H,7-12H2,1H3,(H2,17,19)(H,18,21);1H. The molecule has 1 saturated heterocycles. The molecule has 1 aromatic carbocycles. The number of likely N-dealkylation sites (tertiary alicyclic amines) is 1. The zero-order chi connectivity index (χ0) is 15.1. The van der Waals surface area contributed by atoms with E-state index >= 15 is 0 Å². The Morgan fingerprint density at radius 1 is 1.32 bits per heavy atom. The van der Waals surface area contributed by atoms with E-state index in [1.807, 2.05) is 18.2 Å². The molecule has 1 fully saturated rings. The fourth-order valence-corrected chi connectivity index (χ4v) is 2.37. The van der Waals surface area contributed by atoms with Gasteiger partial charge in [-0.25, -0.2) is 0 Å². The lowest BCUT2D eigenvalue weighted by molar-refractivity contribution is 0.0955. The monoisotopic (exact) mass is 416 g/mol. The van der Waals surface area contributed by atoms with Gasteiger partial charge in [0.25, 0.3) is 5.91 Å². The molecule has 1 heterocycles. The Hall–Kier alpha value is -1.31. The summed E-state index contributed by atoms with van der Waals surface area (Å²) in [5.41, 5.74) is 6.65. The third-order valence-electron chi connectivity index (χ3n) is 3.81. The third-order valence-corrected chi connectivity index (χ3v) is 3.81. The normalized spacial score (nSPS) is 16.0. The number of nitrogens with zero attached hydrogens (tertiary/aromatic N) is 2. The second kappa shape index (κ2) is 9.66. The highest BCUT2D eigenvalue weighted by molar-refractivity contribution is 14.0. The van der Waals surface area contributed by atoms with E-state index in [-0.39, 0.29) is 29.9 Å². The van der Waals surface area contributed by atoms with Gasteiger partial charge in [-0.05, 0) is 30.9 Å². The number of nitrogens with one attached hydrogen (secondary N) is 1. The van der Waals surface area contributed by atoms with E-state index in [0.29, 0.717) is 24.6 Å². The average Bonchev–Trinajstić information content (AvgIpc) is 2.52. The van der Waals surface area contributed by atoms with E-state index in [4.69, 9.17) is 5.73 Å². The number of rotatable bonds is 4. The van der Waals surface area contributed by atoms with Crippen molar-refractivity contribution in [1.29, 1.82) is 0 Å². The first-order valence-corrected chi connectivity index (χ1v) is 7.55. The predicted octanol–water partition coefficient (Wildman–Crippen LogP) is 2.08. The van der Waals surface area contributed by atoms with Gasteiger partial charge in [0, 0.05) is 25.2 Å². The number of guanidine groups is 1. The molecule has 22 heavy (non-hydrogen) atoms. The Labute approximate surface area is 149 Å². The Morgan fingerprint density at radius 3 is 2.59 bits per heavy atom. The van der Waals surface area contributed by atoms with Gasteiger partial charge < -0.3 is 16.0 Å². The van der Waals surface area contributed by atoms with Crippen LogP contribution in [0.1, 0.15) is 30.1 Å². The van der Waals surface area contributed by atoms with Crippen LogP contribution >= 0.6 is 24.0 Å². The fourth-order valence-electron chi connectivity index (χ4n) is 2.37. The van der Waals surface area contributed by atoms with Crippen molar-refractivity contribution >= 4 is 35.8 Å². The number of halogens is 1. The lowest BCUT2D eigenvalue weighted by atomic mass is 10.00. The first-order chi connectivity index (χ1) is 10.2. The molecule has 0 atom stereocenters. The summed E-state index contributed by atoms with van der Waals surface area (Å²) in [5.74, 6) is 1.30. The molecule has 0 bridgehead atoms. The van der Waals surface area contributed by atoms with E-state index < -0.39 is 0 Å². The van der Waals surface area contributed by atoms with Crippen LogP contribution in [0.5, 0.6) is 0 Å². The molecule has 1 amide bonds. The molecule has 6 heteroatoms. The predicted molar refractivity (Wildman–Crippen MR) is 101 cm³/mol. The SMILES string of the molecule is CC1CCN(C(N)=NCCNC(=O)c2ccccc2)CC1.I. The van der Waals surface area contributed by atoms with Crippen molar-refractivity contribution in [3.8, 4) is 0 Å². The second-order valence-electron chi connectivity index (χ2n) is 5.53. The number of carbonyl (C=O) groups excluding carboxylic acids is 1. The van der Waals surface area contributed by atoms with Gasteiger partial charge in [-0.3, -0.25) is 9.79 Å². The maximum atomic E-state index is 11.8. The van der Waals surface area contributed by atoms with Crippen LogP contribution in [0.15, 0.2) is 35.3 Å². The molecule has 122 valence electrons. The van der Waals surface area contributed by atoms with Crippen molar-refractivity contribution in [3.63, 3.8) is 0 Å². The van der Waals surface area contributed by atoms with Gasteiger partial charge in [-0.1, -0.05) is 25.1 Å². The minimum absolute atomic E-state index is 0. The molecule has 1 aliphatic rings. The van der Waals surface area contributed by atoms with Gasteiger partial charge in [-0.15, -0.1) is 24.0 Å². The van der Waals surface area contributed by atoms with Crippen molar-refractivity contribution in [2.24, 2.45) is 16.6 Å². The van der Waals surface area contributed by atoms with Crippen LogP contribution in [0.3, 0.4) is 0 Å². The van der Waals surface area contributed by atoms with Crippen molar-refractivity contribution in [2.45, 2.75) is 19.8 Å². The molecular weight excluding hydrogens is 391 g/mol. The molecule has 0 radical (unpaired) electrons. The molecule has 5 nitrogen and oxygen atoms in total.